The van der Waals surface area contributed by atoms with Gasteiger partial charge in [0, 0.05) is 30.1 Å². The molecule has 1 heterocycles. The maximum Gasteiger partial charge on any atom is 0.305 e. The minimum Gasteiger partial charge on any atom is -0.466 e. The Kier molecular flexibility index (Phi) is 8.96. The average molecular weight is 488 g/mol. The molecule has 10 heteroatoms. The number of rotatable bonds is 12. The van der Waals surface area contributed by atoms with E-state index < -0.39 is 10.0 Å². The van der Waals surface area contributed by atoms with E-state index in [1.165, 1.54) is 47.4 Å². The number of nitrogens with zero attached hydrogens (tertiary/aromatic N) is 1. The minimum atomic E-state index is -3.74. The summed E-state index contributed by atoms with van der Waals surface area (Å²) in [6.07, 6.45) is 3.79. The predicted molar refractivity (Wildman–Crippen MR) is 128 cm³/mol. The Labute approximate surface area is 197 Å². The molecule has 0 saturated heterocycles. The number of anilines is 2. The van der Waals surface area contributed by atoms with Gasteiger partial charge in [0.1, 0.15) is 0 Å². The first-order valence-corrected chi connectivity index (χ1v) is 12.8. The third-order valence-electron chi connectivity index (χ3n) is 4.60. The van der Waals surface area contributed by atoms with Crippen molar-refractivity contribution in [2.24, 2.45) is 0 Å². The van der Waals surface area contributed by atoms with Crippen LogP contribution in [0.2, 0.25) is 0 Å². The summed E-state index contributed by atoms with van der Waals surface area (Å²) in [4.78, 5) is 27.9. The Hall–Kier alpha value is -3.24. The molecule has 8 nitrogen and oxygen atoms in total. The number of carbonyl (C=O) groups is 2. The number of aryl methyl sites for hydroxylation is 1. The van der Waals surface area contributed by atoms with Gasteiger partial charge in [0.05, 0.1) is 11.5 Å². The van der Waals surface area contributed by atoms with Crippen LogP contribution >= 0.6 is 11.3 Å². The Morgan fingerprint density at radius 2 is 1.73 bits per heavy atom. The van der Waals surface area contributed by atoms with Gasteiger partial charge in [-0.25, -0.2) is 13.4 Å². The monoisotopic (exact) mass is 487 g/mol. The molecule has 0 fully saturated rings. The van der Waals surface area contributed by atoms with Crippen molar-refractivity contribution in [3.8, 4) is 0 Å². The van der Waals surface area contributed by atoms with Gasteiger partial charge in [0.2, 0.25) is 5.91 Å². The summed E-state index contributed by atoms with van der Waals surface area (Å²) in [5.74, 6) is -0.582. The molecule has 0 unspecified atom stereocenters. The Morgan fingerprint density at radius 1 is 0.970 bits per heavy atom. The molecular formula is C23H25N3O5S2. The molecule has 0 bridgehead atoms. The molecule has 174 valence electrons. The van der Waals surface area contributed by atoms with Crippen molar-refractivity contribution in [2.75, 3.05) is 16.6 Å². The lowest BCUT2D eigenvalue weighted by atomic mass is 10.1. The van der Waals surface area contributed by atoms with Crippen molar-refractivity contribution < 1.29 is 22.7 Å². The van der Waals surface area contributed by atoms with Crippen LogP contribution in [-0.4, -0.2) is 31.9 Å². The first-order valence-electron chi connectivity index (χ1n) is 10.4. The zero-order valence-corrected chi connectivity index (χ0v) is 19.5. The second-order valence-electron chi connectivity index (χ2n) is 7.18. The topological polar surface area (TPSA) is 114 Å². The molecule has 2 N–H and O–H groups in total. The van der Waals surface area contributed by atoms with Gasteiger partial charge in [-0.1, -0.05) is 30.3 Å². The van der Waals surface area contributed by atoms with Gasteiger partial charge in [-0.05, 0) is 49.1 Å². The van der Waals surface area contributed by atoms with E-state index in [0.29, 0.717) is 18.7 Å². The van der Waals surface area contributed by atoms with Gasteiger partial charge in [0.15, 0.2) is 5.13 Å². The zero-order valence-electron chi connectivity index (χ0n) is 17.9. The van der Waals surface area contributed by atoms with Crippen molar-refractivity contribution >= 4 is 44.1 Å². The van der Waals surface area contributed by atoms with Crippen LogP contribution in [0.5, 0.6) is 0 Å². The van der Waals surface area contributed by atoms with Crippen molar-refractivity contribution in [1.29, 1.82) is 0 Å². The van der Waals surface area contributed by atoms with E-state index in [1.807, 2.05) is 30.3 Å². The normalized spacial score (nSPS) is 11.0. The third kappa shape index (κ3) is 8.32. The molecule has 3 aromatic rings. The number of aromatic nitrogens is 1. The maximum absolute atomic E-state index is 12.3. The molecule has 1 aromatic heterocycles. The van der Waals surface area contributed by atoms with E-state index in [0.717, 1.165) is 12.8 Å². The van der Waals surface area contributed by atoms with Crippen LogP contribution in [-0.2, 0) is 30.8 Å². The van der Waals surface area contributed by atoms with Crippen LogP contribution in [0.4, 0.5) is 10.8 Å². The molecule has 0 atom stereocenters. The molecule has 1 amide bonds. The number of carbonyl (C=O) groups excluding carboxylic acids is 2. The molecule has 0 radical (unpaired) electrons. The molecule has 0 aliphatic carbocycles. The van der Waals surface area contributed by atoms with E-state index in [9.17, 15) is 18.0 Å². The Bertz CT molecular complexity index is 1130. The van der Waals surface area contributed by atoms with Crippen LogP contribution in [0.25, 0.3) is 0 Å². The number of amides is 1. The SMILES string of the molecule is O=C(CCCC(=O)OCCCc1ccccc1)Nc1ccc(S(=O)(=O)Nc2nccs2)cc1. The van der Waals surface area contributed by atoms with Crippen LogP contribution in [0.15, 0.2) is 71.1 Å². The average Bonchev–Trinajstić information content (AvgIpc) is 3.30. The number of hydrogen-bond donors (Lipinski definition) is 2. The summed E-state index contributed by atoms with van der Waals surface area (Å²) >= 11 is 1.18. The highest BCUT2D eigenvalue weighted by molar-refractivity contribution is 7.93. The lowest BCUT2D eigenvalue weighted by molar-refractivity contribution is -0.143. The lowest BCUT2D eigenvalue weighted by Crippen LogP contribution is -2.14. The summed E-state index contributed by atoms with van der Waals surface area (Å²) in [6.45, 7) is 0.354. The van der Waals surface area contributed by atoms with Gasteiger partial charge in [0.25, 0.3) is 10.0 Å². The predicted octanol–water partition coefficient (Wildman–Crippen LogP) is 4.23. The summed E-state index contributed by atoms with van der Waals surface area (Å²) in [6, 6.07) is 15.8. The molecule has 0 spiro atoms. The zero-order chi connectivity index (χ0) is 23.5. The molecular weight excluding hydrogens is 462 g/mol. The quantitative estimate of drug-likeness (QED) is 0.292. The van der Waals surface area contributed by atoms with Crippen LogP contribution in [0.3, 0.4) is 0 Å². The van der Waals surface area contributed by atoms with E-state index in [1.54, 1.807) is 5.38 Å². The molecule has 0 saturated carbocycles. The molecule has 3 rings (SSSR count). The maximum atomic E-state index is 12.3. The lowest BCUT2D eigenvalue weighted by Gasteiger charge is -2.08. The van der Waals surface area contributed by atoms with Crippen LogP contribution in [0.1, 0.15) is 31.2 Å². The molecule has 0 aliphatic rings. The molecule has 33 heavy (non-hydrogen) atoms. The van der Waals surface area contributed by atoms with Gasteiger partial charge in [-0.2, -0.15) is 0 Å². The van der Waals surface area contributed by atoms with Gasteiger partial charge in [-0.15, -0.1) is 11.3 Å². The minimum absolute atomic E-state index is 0.0608. The Balaban J connectivity index is 1.33. The van der Waals surface area contributed by atoms with E-state index in [4.69, 9.17) is 4.74 Å². The van der Waals surface area contributed by atoms with Gasteiger partial charge in [-0.3, -0.25) is 14.3 Å². The summed E-state index contributed by atoms with van der Waals surface area (Å²) in [5.41, 5.74) is 1.67. The number of sulfonamides is 1. The first-order chi connectivity index (χ1) is 15.9. The van der Waals surface area contributed by atoms with Crippen LogP contribution in [0, 0.1) is 0 Å². The number of ether oxygens (including phenoxy) is 1. The smallest absolute Gasteiger partial charge is 0.305 e. The highest BCUT2D eigenvalue weighted by Gasteiger charge is 2.15. The number of hydrogen-bond acceptors (Lipinski definition) is 7. The second kappa shape index (κ2) is 12.1. The fourth-order valence-corrected chi connectivity index (χ4v) is 4.75. The van der Waals surface area contributed by atoms with E-state index >= 15 is 0 Å². The van der Waals surface area contributed by atoms with Crippen molar-refractivity contribution in [3.63, 3.8) is 0 Å². The molecule has 2 aromatic carbocycles. The summed E-state index contributed by atoms with van der Waals surface area (Å²) < 4.78 is 32.3. The highest BCUT2D eigenvalue weighted by Crippen LogP contribution is 2.19. The number of esters is 1. The van der Waals surface area contributed by atoms with Gasteiger partial charge < -0.3 is 10.1 Å². The van der Waals surface area contributed by atoms with Crippen molar-refractivity contribution in [3.05, 3.63) is 71.7 Å². The van der Waals surface area contributed by atoms with E-state index in [-0.39, 0.29) is 34.7 Å². The largest absolute Gasteiger partial charge is 0.466 e. The third-order valence-corrected chi connectivity index (χ3v) is 6.78. The standard InChI is InChI=1S/C23H25N3O5S2/c27-21(9-4-10-22(28)31-16-5-8-18-6-2-1-3-7-18)25-19-11-13-20(14-12-19)33(29,30)26-23-24-15-17-32-23/h1-3,6-7,11-15,17H,4-5,8-10,16H2,(H,24,26)(H,25,27). The highest BCUT2D eigenvalue weighted by atomic mass is 32.2. The Morgan fingerprint density at radius 3 is 2.42 bits per heavy atom. The fraction of sp³-hybridized carbons (Fsp3) is 0.261. The number of thiazole rings is 1. The number of nitrogens with one attached hydrogen (secondary N) is 2. The summed E-state index contributed by atoms with van der Waals surface area (Å²) in [5, 5.41) is 4.64. The van der Waals surface area contributed by atoms with Gasteiger partial charge >= 0.3 is 5.97 Å². The van der Waals surface area contributed by atoms with Crippen LogP contribution < -0.4 is 10.0 Å². The number of benzene rings is 2. The second-order valence-corrected chi connectivity index (χ2v) is 9.76. The van der Waals surface area contributed by atoms with Crippen molar-refractivity contribution in [1.82, 2.24) is 4.98 Å². The fourth-order valence-electron chi connectivity index (χ4n) is 2.96. The van der Waals surface area contributed by atoms with Crippen molar-refractivity contribution in [2.45, 2.75) is 37.0 Å². The first kappa shape index (κ1) is 24.4. The summed E-state index contributed by atoms with van der Waals surface area (Å²) in [7, 11) is -3.74. The van der Waals surface area contributed by atoms with E-state index in [2.05, 4.69) is 15.0 Å². The molecule has 0 aliphatic heterocycles.